The van der Waals surface area contributed by atoms with Crippen molar-refractivity contribution >= 4 is 15.7 Å². The standard InChI is InChI=1S/C12H16FN3O4S/c1-9-7-10(13)11(16(17)18)8-12(9)21(19,20)15-5-3-14(2)4-6-15/h7-8H,3-6H2,1-2H3. The van der Waals surface area contributed by atoms with E-state index in [1.54, 1.807) is 0 Å². The molecule has 1 aliphatic heterocycles. The number of hydrogen-bond acceptors (Lipinski definition) is 5. The fraction of sp³-hybridized carbons (Fsp3) is 0.500. The van der Waals surface area contributed by atoms with Crippen molar-refractivity contribution in [2.24, 2.45) is 0 Å². The van der Waals surface area contributed by atoms with Gasteiger partial charge in [-0.05, 0) is 25.6 Å². The molecule has 0 atom stereocenters. The van der Waals surface area contributed by atoms with E-state index in [9.17, 15) is 22.9 Å². The first-order valence-electron chi connectivity index (χ1n) is 6.36. The van der Waals surface area contributed by atoms with Crippen LogP contribution in [0, 0.1) is 22.9 Å². The summed E-state index contributed by atoms with van der Waals surface area (Å²) in [5.74, 6) is -1.03. The van der Waals surface area contributed by atoms with Gasteiger partial charge in [0.05, 0.1) is 9.82 Å². The number of piperazine rings is 1. The van der Waals surface area contributed by atoms with Crippen molar-refractivity contribution in [3.8, 4) is 0 Å². The van der Waals surface area contributed by atoms with E-state index in [0.29, 0.717) is 26.2 Å². The Bertz CT molecular complexity index is 669. The Hall–Kier alpha value is -1.58. The number of nitro groups is 1. The molecule has 0 saturated carbocycles. The highest BCUT2D eigenvalue weighted by Crippen LogP contribution is 2.27. The SMILES string of the molecule is Cc1cc(F)c([N+](=O)[O-])cc1S(=O)(=O)N1CCN(C)CC1. The second-order valence-corrected chi connectivity index (χ2v) is 6.94. The third-order valence-electron chi connectivity index (χ3n) is 3.52. The van der Waals surface area contributed by atoms with Crippen LogP contribution in [0.5, 0.6) is 0 Å². The van der Waals surface area contributed by atoms with E-state index in [4.69, 9.17) is 0 Å². The van der Waals surface area contributed by atoms with Gasteiger partial charge in [0.2, 0.25) is 15.8 Å². The summed E-state index contributed by atoms with van der Waals surface area (Å²) in [7, 11) is -1.97. The number of hydrogen-bond donors (Lipinski definition) is 0. The lowest BCUT2D eigenvalue weighted by atomic mass is 10.2. The highest BCUT2D eigenvalue weighted by molar-refractivity contribution is 7.89. The molecule has 21 heavy (non-hydrogen) atoms. The Morgan fingerprint density at radius 2 is 1.81 bits per heavy atom. The minimum absolute atomic E-state index is 0.164. The molecule has 0 N–H and O–H groups in total. The van der Waals surface area contributed by atoms with Gasteiger partial charge in [-0.3, -0.25) is 10.1 Å². The van der Waals surface area contributed by atoms with E-state index >= 15 is 0 Å². The molecule has 0 unspecified atom stereocenters. The van der Waals surface area contributed by atoms with Crippen molar-refractivity contribution in [2.45, 2.75) is 11.8 Å². The van der Waals surface area contributed by atoms with E-state index in [1.165, 1.54) is 11.2 Å². The Balaban J connectivity index is 2.45. The van der Waals surface area contributed by atoms with Gasteiger partial charge in [0.25, 0.3) is 0 Å². The summed E-state index contributed by atoms with van der Waals surface area (Å²) < 4.78 is 39.9. The molecule has 1 aliphatic rings. The number of halogens is 1. The van der Waals surface area contributed by atoms with Crippen LogP contribution in [0.15, 0.2) is 17.0 Å². The quantitative estimate of drug-likeness (QED) is 0.613. The van der Waals surface area contributed by atoms with Crippen LogP contribution in [-0.4, -0.2) is 55.8 Å². The van der Waals surface area contributed by atoms with Crippen LogP contribution in [0.25, 0.3) is 0 Å². The van der Waals surface area contributed by atoms with Gasteiger partial charge in [0, 0.05) is 32.2 Å². The van der Waals surface area contributed by atoms with Crippen LogP contribution in [0.3, 0.4) is 0 Å². The highest BCUT2D eigenvalue weighted by Gasteiger charge is 2.31. The second-order valence-electron chi connectivity index (χ2n) is 5.03. The van der Waals surface area contributed by atoms with Gasteiger partial charge in [-0.25, -0.2) is 8.42 Å². The Labute approximate surface area is 122 Å². The molecule has 7 nitrogen and oxygen atoms in total. The summed E-state index contributed by atoms with van der Waals surface area (Å²) >= 11 is 0. The highest BCUT2D eigenvalue weighted by atomic mass is 32.2. The van der Waals surface area contributed by atoms with E-state index in [2.05, 4.69) is 0 Å². The maximum absolute atomic E-state index is 13.5. The van der Waals surface area contributed by atoms with Crippen molar-refractivity contribution in [3.63, 3.8) is 0 Å². The monoisotopic (exact) mass is 317 g/mol. The number of nitro benzene ring substituents is 1. The normalized spacial score (nSPS) is 17.9. The molecule has 2 rings (SSSR count). The number of sulfonamides is 1. The molecule has 0 radical (unpaired) electrons. The Morgan fingerprint density at radius 3 is 2.33 bits per heavy atom. The van der Waals surface area contributed by atoms with Gasteiger partial charge < -0.3 is 4.90 Å². The molecule has 0 bridgehead atoms. The molecule has 0 aromatic heterocycles. The minimum atomic E-state index is -3.85. The molecule has 1 aromatic carbocycles. The van der Waals surface area contributed by atoms with E-state index in [-0.39, 0.29) is 10.5 Å². The molecular formula is C12H16FN3O4S. The first kappa shape index (κ1) is 15.8. The summed E-state index contributed by atoms with van der Waals surface area (Å²) in [5, 5.41) is 10.8. The molecular weight excluding hydrogens is 301 g/mol. The summed E-state index contributed by atoms with van der Waals surface area (Å²) in [6, 6.07) is 1.69. The molecule has 1 saturated heterocycles. The summed E-state index contributed by atoms with van der Waals surface area (Å²) in [4.78, 5) is 11.6. The van der Waals surface area contributed by atoms with Gasteiger partial charge in [0.15, 0.2) is 0 Å². The van der Waals surface area contributed by atoms with Crippen molar-refractivity contribution < 1.29 is 17.7 Å². The molecule has 1 fully saturated rings. The summed E-state index contributed by atoms with van der Waals surface area (Å²) in [6.45, 7) is 3.21. The molecule has 116 valence electrons. The number of aryl methyl sites for hydroxylation is 1. The average molecular weight is 317 g/mol. The summed E-state index contributed by atoms with van der Waals surface area (Å²) in [5.41, 5.74) is -0.662. The van der Waals surface area contributed by atoms with Crippen molar-refractivity contribution in [1.29, 1.82) is 0 Å². The summed E-state index contributed by atoms with van der Waals surface area (Å²) in [6.07, 6.45) is 0. The number of nitrogens with zero attached hydrogens (tertiary/aromatic N) is 3. The lowest BCUT2D eigenvalue weighted by Crippen LogP contribution is -2.47. The van der Waals surface area contributed by atoms with Crippen LogP contribution in [0.1, 0.15) is 5.56 Å². The van der Waals surface area contributed by atoms with Gasteiger partial charge in [-0.2, -0.15) is 8.70 Å². The molecule has 0 amide bonds. The third-order valence-corrected chi connectivity index (χ3v) is 5.56. The van der Waals surface area contributed by atoms with Gasteiger partial charge in [-0.1, -0.05) is 0 Å². The van der Waals surface area contributed by atoms with E-state index < -0.39 is 26.5 Å². The van der Waals surface area contributed by atoms with Crippen LogP contribution in [0.2, 0.25) is 0 Å². The lowest BCUT2D eigenvalue weighted by molar-refractivity contribution is -0.387. The molecule has 0 spiro atoms. The zero-order valence-corrected chi connectivity index (χ0v) is 12.6. The zero-order chi connectivity index (χ0) is 15.8. The second kappa shape index (κ2) is 5.66. The molecule has 1 aromatic rings. The molecule has 0 aliphatic carbocycles. The average Bonchev–Trinajstić information content (AvgIpc) is 2.38. The number of likely N-dealkylation sites (N-methyl/N-ethyl adjacent to an activating group) is 1. The molecule has 9 heteroatoms. The largest absolute Gasteiger partial charge is 0.306 e. The van der Waals surface area contributed by atoms with Crippen LogP contribution in [0.4, 0.5) is 10.1 Å². The Morgan fingerprint density at radius 1 is 1.24 bits per heavy atom. The predicted molar refractivity (Wildman–Crippen MR) is 74.0 cm³/mol. The van der Waals surface area contributed by atoms with Crippen LogP contribution < -0.4 is 0 Å². The Kier molecular flexibility index (Phi) is 4.26. The molecule has 1 heterocycles. The number of rotatable bonds is 3. The van der Waals surface area contributed by atoms with E-state index in [1.807, 2.05) is 11.9 Å². The smallest absolute Gasteiger partial charge is 0.304 e. The fourth-order valence-corrected chi connectivity index (χ4v) is 3.88. The van der Waals surface area contributed by atoms with Crippen LogP contribution in [-0.2, 0) is 10.0 Å². The maximum atomic E-state index is 13.5. The van der Waals surface area contributed by atoms with Gasteiger partial charge >= 0.3 is 5.69 Å². The van der Waals surface area contributed by atoms with Gasteiger partial charge in [0.1, 0.15) is 0 Å². The van der Waals surface area contributed by atoms with Crippen LogP contribution >= 0.6 is 0 Å². The fourth-order valence-electron chi connectivity index (χ4n) is 2.23. The maximum Gasteiger partial charge on any atom is 0.306 e. The lowest BCUT2D eigenvalue weighted by Gasteiger charge is -2.31. The van der Waals surface area contributed by atoms with Crippen molar-refractivity contribution in [2.75, 3.05) is 33.2 Å². The first-order chi connectivity index (χ1) is 9.73. The predicted octanol–water partition coefficient (Wildman–Crippen LogP) is 0.978. The zero-order valence-electron chi connectivity index (χ0n) is 11.7. The first-order valence-corrected chi connectivity index (χ1v) is 7.80. The van der Waals surface area contributed by atoms with Crippen molar-refractivity contribution in [1.82, 2.24) is 9.21 Å². The van der Waals surface area contributed by atoms with E-state index in [0.717, 1.165) is 12.1 Å². The van der Waals surface area contributed by atoms with Crippen molar-refractivity contribution in [3.05, 3.63) is 33.6 Å². The third kappa shape index (κ3) is 3.04. The number of benzene rings is 1. The van der Waals surface area contributed by atoms with Gasteiger partial charge in [-0.15, -0.1) is 0 Å². The topological polar surface area (TPSA) is 83.8 Å². The minimum Gasteiger partial charge on any atom is -0.304 e.